The lowest BCUT2D eigenvalue weighted by molar-refractivity contribution is -0.849. The minimum absolute atomic E-state index is 0. The topological polar surface area (TPSA) is 207 Å². The summed E-state index contributed by atoms with van der Waals surface area (Å²) >= 11 is 0. The largest absolute Gasteiger partial charge is 0.548 e. The Kier molecular flexibility index (Phi) is 23.0. The van der Waals surface area contributed by atoms with Crippen LogP contribution in [0.15, 0.2) is 127 Å². The highest BCUT2D eigenvalue weighted by molar-refractivity contribution is 5.83. The van der Waals surface area contributed by atoms with E-state index in [1.807, 2.05) is 131 Å². The lowest BCUT2D eigenvalue weighted by Gasteiger charge is -2.17. The molecule has 14 heteroatoms. The molecule has 5 aromatic rings. The van der Waals surface area contributed by atoms with E-state index in [0.717, 1.165) is 49.2 Å². The average molecular weight is 838 g/mol. The number of aryl methyl sites for hydroxylation is 2. The molecule has 328 valence electrons. The molecule has 2 unspecified atom stereocenters. The second-order valence-corrected chi connectivity index (χ2v) is 15.1. The molecular formula is C47H63N7O7. The number of hydrazine groups is 2. The molecule has 0 aromatic heterocycles. The maximum absolute atomic E-state index is 12.0. The van der Waals surface area contributed by atoms with E-state index in [0.29, 0.717) is 12.2 Å². The molecule has 0 aliphatic rings. The first-order chi connectivity index (χ1) is 28.3. The maximum Gasteiger partial charge on any atom is 0.431 e. The second-order valence-electron chi connectivity index (χ2n) is 15.1. The number of ether oxygens (including phenoxy) is 1. The van der Waals surface area contributed by atoms with Crippen LogP contribution in [0.5, 0.6) is 5.75 Å². The van der Waals surface area contributed by atoms with Gasteiger partial charge in [0.25, 0.3) is 0 Å². The number of hydrogen-bond donors (Lipinski definition) is 7. The predicted octanol–water partition coefficient (Wildman–Crippen LogP) is 6.31. The van der Waals surface area contributed by atoms with Crippen molar-refractivity contribution in [3.05, 3.63) is 161 Å². The van der Waals surface area contributed by atoms with Crippen LogP contribution in [0.3, 0.4) is 0 Å². The van der Waals surface area contributed by atoms with Crippen LogP contribution < -0.4 is 42.6 Å². The van der Waals surface area contributed by atoms with Gasteiger partial charge in [0, 0.05) is 12.5 Å². The number of carboxylic acid groups (broad SMARTS) is 2. The van der Waals surface area contributed by atoms with Gasteiger partial charge >= 0.3 is 18.1 Å². The summed E-state index contributed by atoms with van der Waals surface area (Å²) in [7, 11) is 8.50. The molecule has 14 nitrogen and oxygen atoms in total. The van der Waals surface area contributed by atoms with E-state index in [9.17, 15) is 29.4 Å². The van der Waals surface area contributed by atoms with Crippen molar-refractivity contribution >= 4 is 35.4 Å². The molecule has 0 heterocycles. The number of nitrogens with zero attached hydrogens (tertiary/aromatic N) is 1. The molecule has 0 bridgehead atoms. The van der Waals surface area contributed by atoms with Crippen LogP contribution in [0.1, 0.15) is 40.8 Å². The Bertz CT molecular complexity index is 2070. The second kappa shape index (κ2) is 27.0. The number of quaternary nitrogens is 1. The van der Waals surface area contributed by atoms with Crippen molar-refractivity contribution in [2.45, 2.75) is 60.0 Å². The van der Waals surface area contributed by atoms with E-state index in [-0.39, 0.29) is 13.8 Å². The molecule has 0 aliphatic heterocycles. The van der Waals surface area contributed by atoms with Crippen LogP contribution in [0.4, 0.5) is 21.0 Å². The summed E-state index contributed by atoms with van der Waals surface area (Å²) < 4.78 is 6.09. The van der Waals surface area contributed by atoms with Crippen molar-refractivity contribution in [1.29, 1.82) is 0 Å². The van der Waals surface area contributed by atoms with Crippen LogP contribution in [0, 0.1) is 27.7 Å². The minimum Gasteiger partial charge on any atom is -0.548 e. The van der Waals surface area contributed by atoms with Gasteiger partial charge in [0.05, 0.1) is 45.5 Å². The summed E-state index contributed by atoms with van der Waals surface area (Å²) in [6.45, 7) is 7.91. The first-order valence-corrected chi connectivity index (χ1v) is 19.1. The fourth-order valence-electron chi connectivity index (χ4n) is 4.83. The molecule has 0 saturated heterocycles. The van der Waals surface area contributed by atoms with Gasteiger partial charge in [-0.1, -0.05) is 111 Å². The number of carbonyl (C=O) groups is 4. The summed E-state index contributed by atoms with van der Waals surface area (Å²) in [5.41, 5.74) is 23.6. The third kappa shape index (κ3) is 22.2. The fraction of sp³-hybridized carbons (Fsp3) is 0.277. The number of hydrogen-bond acceptors (Lipinski definition) is 9. The quantitative estimate of drug-likeness (QED) is 0.0551. The SMILES string of the molecule is C.C[N+](C)(C)C.Cc1cccc(NNC(=O)NC(Cc2ccccc2)C(=O)O)c1C.Cc1cccc(NNC(=O)Oc2ccccc2)c1C.NC(Cc1ccccc1)C(=O)[O-]. The van der Waals surface area contributed by atoms with Crippen LogP contribution in [-0.4, -0.2) is 73.9 Å². The van der Waals surface area contributed by atoms with Crippen molar-refractivity contribution in [2.24, 2.45) is 5.73 Å². The Labute approximate surface area is 360 Å². The minimum atomic E-state index is -1.21. The lowest BCUT2D eigenvalue weighted by Crippen LogP contribution is -2.48. The van der Waals surface area contributed by atoms with E-state index in [4.69, 9.17) is 10.5 Å². The number of para-hydroxylation sites is 1. The number of aliphatic carboxylic acids is 2. The van der Waals surface area contributed by atoms with Gasteiger partial charge in [-0.3, -0.25) is 16.3 Å². The number of benzene rings is 5. The molecule has 2 atom stereocenters. The van der Waals surface area contributed by atoms with E-state index in [2.05, 4.69) is 55.2 Å². The molecule has 8 N–H and O–H groups in total. The van der Waals surface area contributed by atoms with Crippen molar-refractivity contribution in [3.63, 3.8) is 0 Å². The van der Waals surface area contributed by atoms with Gasteiger partial charge in [-0.15, -0.1) is 0 Å². The number of nitrogens with one attached hydrogen (secondary N) is 5. The highest BCUT2D eigenvalue weighted by Crippen LogP contribution is 2.18. The standard InChI is InChI=1S/C18H21N3O3.C15H16N2O2.C9H11NO2.C4H12N.CH4/c1-12-7-6-10-15(13(12)2)20-21-18(24)19-16(17(22)23)11-14-8-4-3-5-9-14;1-11-7-6-10-14(12(11)2)16-17-15(18)19-13-8-4-3-5-9-13;10-8(9(11)12)6-7-4-2-1-3-5-7;1-5(2,3)4;/h3-10,16,20H,11H2,1-2H3,(H,22,23)(H2,19,21,24);3-10,16H,1-2H3,(H,17,18);1-5,8H,6,10H2,(H,11,12);1-4H3;1H4/q;;;+1;/p-1. The highest BCUT2D eigenvalue weighted by atomic mass is 16.6. The average Bonchev–Trinajstić information content (AvgIpc) is 3.20. The van der Waals surface area contributed by atoms with E-state index < -0.39 is 36.1 Å². The summed E-state index contributed by atoms with van der Waals surface area (Å²) in [5, 5.41) is 22.0. The van der Waals surface area contributed by atoms with Gasteiger partial charge in [-0.2, -0.15) is 0 Å². The molecule has 0 spiro atoms. The van der Waals surface area contributed by atoms with Crippen LogP contribution in [0.2, 0.25) is 0 Å². The van der Waals surface area contributed by atoms with Gasteiger partial charge in [0.2, 0.25) is 0 Å². The van der Waals surface area contributed by atoms with Crippen molar-refractivity contribution < 1.29 is 38.6 Å². The molecule has 0 fully saturated rings. The van der Waals surface area contributed by atoms with Crippen LogP contribution in [0.25, 0.3) is 0 Å². The van der Waals surface area contributed by atoms with E-state index in [1.54, 1.807) is 24.3 Å². The lowest BCUT2D eigenvalue weighted by atomic mass is 10.1. The number of carboxylic acids is 2. The summed E-state index contributed by atoms with van der Waals surface area (Å²) in [5.74, 6) is -1.79. The fourth-order valence-corrected chi connectivity index (χ4v) is 4.83. The van der Waals surface area contributed by atoms with E-state index >= 15 is 0 Å². The summed E-state index contributed by atoms with van der Waals surface area (Å²) in [6, 6.07) is 36.3. The highest BCUT2D eigenvalue weighted by Gasteiger charge is 2.20. The zero-order chi connectivity index (χ0) is 44.7. The molecule has 5 aromatic carbocycles. The number of amides is 3. The Morgan fingerprint density at radius 2 is 1.05 bits per heavy atom. The maximum atomic E-state index is 12.0. The number of urea groups is 1. The van der Waals surface area contributed by atoms with Gasteiger partial charge in [-0.25, -0.2) is 19.8 Å². The normalized spacial score (nSPS) is 11.0. The van der Waals surface area contributed by atoms with Crippen LogP contribution >= 0.6 is 0 Å². The Hall–Kier alpha value is -6.90. The zero-order valence-corrected chi connectivity index (χ0v) is 35.6. The van der Waals surface area contributed by atoms with Crippen molar-refractivity contribution in [3.8, 4) is 5.75 Å². The Morgan fingerprint density at radius 3 is 1.48 bits per heavy atom. The van der Waals surface area contributed by atoms with Gasteiger partial charge in [0.1, 0.15) is 11.8 Å². The van der Waals surface area contributed by atoms with Gasteiger partial charge < -0.3 is 35.3 Å². The third-order valence-corrected chi connectivity index (χ3v) is 8.26. The summed E-state index contributed by atoms with van der Waals surface area (Å²) in [6.07, 6.45) is -0.0110. The van der Waals surface area contributed by atoms with Gasteiger partial charge in [0.15, 0.2) is 0 Å². The number of carbonyl (C=O) groups excluding carboxylic acids is 3. The molecule has 61 heavy (non-hydrogen) atoms. The predicted molar refractivity (Wildman–Crippen MR) is 242 cm³/mol. The Morgan fingerprint density at radius 1 is 0.639 bits per heavy atom. The van der Waals surface area contributed by atoms with Gasteiger partial charge in [-0.05, 0) is 91.8 Å². The zero-order valence-electron chi connectivity index (χ0n) is 35.6. The monoisotopic (exact) mass is 837 g/mol. The first kappa shape index (κ1) is 52.1. The molecule has 3 amide bonds. The van der Waals surface area contributed by atoms with Crippen molar-refractivity contribution in [1.82, 2.24) is 16.2 Å². The van der Waals surface area contributed by atoms with Crippen molar-refractivity contribution in [2.75, 3.05) is 39.0 Å². The number of rotatable bonds is 12. The van der Waals surface area contributed by atoms with Crippen LogP contribution in [-0.2, 0) is 22.4 Å². The Balaban J connectivity index is 0.000000448. The molecule has 0 saturated carbocycles. The molecule has 0 radical (unpaired) electrons. The number of nitrogens with two attached hydrogens (primary N) is 1. The smallest absolute Gasteiger partial charge is 0.431 e. The number of anilines is 2. The molecule has 5 rings (SSSR count). The van der Waals surface area contributed by atoms with E-state index in [1.165, 1.54) is 0 Å². The summed E-state index contributed by atoms with van der Waals surface area (Å²) in [4.78, 5) is 45.2. The molecular weight excluding hydrogens is 775 g/mol. The first-order valence-electron chi connectivity index (χ1n) is 19.1. The third-order valence-electron chi connectivity index (χ3n) is 8.26. The molecule has 0 aliphatic carbocycles.